The van der Waals surface area contributed by atoms with E-state index in [1.807, 2.05) is 42.5 Å². The first kappa shape index (κ1) is 19.4. The molecule has 2 aromatic carbocycles. The summed E-state index contributed by atoms with van der Waals surface area (Å²) in [4.78, 5) is 30.9. The molecule has 0 atom stereocenters. The summed E-state index contributed by atoms with van der Waals surface area (Å²) in [6.45, 7) is 7.54. The Bertz CT molecular complexity index is 1110. The number of amides is 1. The van der Waals surface area contributed by atoms with Crippen LogP contribution in [0.5, 0.6) is 0 Å². The third-order valence-corrected chi connectivity index (χ3v) is 6.07. The lowest BCUT2D eigenvalue weighted by Crippen LogP contribution is -2.38. The minimum absolute atomic E-state index is 0.0660. The Hall–Kier alpha value is -2.90. The van der Waals surface area contributed by atoms with Crippen molar-refractivity contribution in [3.05, 3.63) is 60.4 Å². The lowest BCUT2D eigenvalue weighted by atomic mass is 10.1. The first-order chi connectivity index (χ1) is 14.2. The van der Waals surface area contributed by atoms with Crippen molar-refractivity contribution in [2.75, 3.05) is 31.1 Å². The number of carbonyl (C=O) groups excluding carboxylic acids is 1. The van der Waals surface area contributed by atoms with Gasteiger partial charge in [0.2, 0.25) is 0 Å². The second-order valence-corrected chi connectivity index (χ2v) is 7.72. The fourth-order valence-corrected chi connectivity index (χ4v) is 4.28. The molecule has 0 spiro atoms. The van der Waals surface area contributed by atoms with E-state index in [-0.39, 0.29) is 5.91 Å². The maximum Gasteiger partial charge on any atom is 0.260 e. The Balaban J connectivity index is 1.70. The van der Waals surface area contributed by atoms with Gasteiger partial charge in [-0.3, -0.25) is 19.7 Å². The number of thiazole rings is 1. The predicted molar refractivity (Wildman–Crippen MR) is 119 cm³/mol. The summed E-state index contributed by atoms with van der Waals surface area (Å²) in [6, 6.07) is 13.4. The Morgan fingerprint density at radius 2 is 1.69 bits per heavy atom. The quantitative estimate of drug-likeness (QED) is 0.460. The largest absolute Gasteiger partial charge is 0.302 e. The summed E-state index contributed by atoms with van der Waals surface area (Å²) >= 11 is 1.55. The lowest BCUT2D eigenvalue weighted by molar-refractivity contribution is 0.0984. The number of benzene rings is 2. The van der Waals surface area contributed by atoms with Crippen LogP contribution in [0.1, 0.15) is 24.2 Å². The summed E-state index contributed by atoms with van der Waals surface area (Å²) < 4.78 is 1.08. The third-order valence-electron chi connectivity index (χ3n) is 5.01. The van der Waals surface area contributed by atoms with Gasteiger partial charge in [-0.2, -0.15) is 0 Å². The van der Waals surface area contributed by atoms with E-state index >= 15 is 0 Å². The molecule has 0 saturated carbocycles. The van der Waals surface area contributed by atoms with Crippen LogP contribution in [0, 0.1) is 0 Å². The molecule has 29 heavy (non-hydrogen) atoms. The van der Waals surface area contributed by atoms with Gasteiger partial charge in [-0.05, 0) is 43.4 Å². The van der Waals surface area contributed by atoms with E-state index in [1.54, 1.807) is 28.6 Å². The van der Waals surface area contributed by atoms with E-state index in [2.05, 4.69) is 28.7 Å². The van der Waals surface area contributed by atoms with Crippen LogP contribution < -0.4 is 4.90 Å². The number of carbonyl (C=O) groups is 1. The first-order valence-electron chi connectivity index (χ1n) is 9.80. The summed E-state index contributed by atoms with van der Waals surface area (Å²) in [5, 5.41) is 0.725. The Morgan fingerprint density at radius 3 is 2.45 bits per heavy atom. The van der Waals surface area contributed by atoms with Gasteiger partial charge in [0.05, 0.1) is 21.3 Å². The van der Waals surface area contributed by atoms with Crippen LogP contribution >= 0.6 is 11.3 Å². The molecule has 4 aromatic rings. The number of rotatable bonds is 7. The molecule has 2 aromatic heterocycles. The van der Waals surface area contributed by atoms with Crippen molar-refractivity contribution >= 4 is 43.6 Å². The fraction of sp³-hybridized carbons (Fsp3) is 0.273. The van der Waals surface area contributed by atoms with Crippen LogP contribution in [0.15, 0.2) is 54.9 Å². The number of likely N-dealkylation sites (N-methyl/N-ethyl adjacent to an activating group) is 1. The molecule has 6 nitrogen and oxygen atoms in total. The highest BCUT2D eigenvalue weighted by molar-refractivity contribution is 7.22. The second-order valence-electron chi connectivity index (χ2n) is 6.71. The zero-order valence-corrected chi connectivity index (χ0v) is 17.4. The SMILES string of the molecule is CCN(CC)CCN(C(=O)c1ccc2nccnc2c1)c1nc2ccccc2s1. The molecule has 2 heterocycles. The number of para-hydroxylation sites is 1. The smallest absolute Gasteiger partial charge is 0.260 e. The molecule has 148 valence electrons. The molecule has 7 heteroatoms. The third kappa shape index (κ3) is 4.11. The van der Waals surface area contributed by atoms with Crippen molar-refractivity contribution in [2.45, 2.75) is 13.8 Å². The molecular formula is C22H23N5OS. The highest BCUT2D eigenvalue weighted by Crippen LogP contribution is 2.29. The Morgan fingerprint density at radius 1 is 0.931 bits per heavy atom. The first-order valence-corrected chi connectivity index (χ1v) is 10.6. The van der Waals surface area contributed by atoms with Crippen molar-refractivity contribution in [3.8, 4) is 0 Å². The maximum absolute atomic E-state index is 13.5. The van der Waals surface area contributed by atoms with Gasteiger partial charge in [0.25, 0.3) is 5.91 Å². The highest BCUT2D eigenvalue weighted by atomic mass is 32.1. The van der Waals surface area contributed by atoms with Crippen molar-refractivity contribution in [1.82, 2.24) is 19.9 Å². The van der Waals surface area contributed by atoms with E-state index < -0.39 is 0 Å². The van der Waals surface area contributed by atoms with Gasteiger partial charge in [0, 0.05) is 31.0 Å². The molecule has 0 aliphatic rings. The van der Waals surface area contributed by atoms with Crippen molar-refractivity contribution in [2.24, 2.45) is 0 Å². The predicted octanol–water partition coefficient (Wildman–Crippen LogP) is 4.23. The summed E-state index contributed by atoms with van der Waals surface area (Å²) in [6.07, 6.45) is 3.30. The van der Waals surface area contributed by atoms with E-state index in [0.717, 1.165) is 40.5 Å². The second kappa shape index (κ2) is 8.63. The number of hydrogen-bond acceptors (Lipinski definition) is 6. The summed E-state index contributed by atoms with van der Waals surface area (Å²) in [5.41, 5.74) is 3.00. The van der Waals surface area contributed by atoms with Gasteiger partial charge in [-0.15, -0.1) is 0 Å². The number of fused-ring (bicyclic) bond motifs is 2. The number of anilines is 1. The van der Waals surface area contributed by atoms with E-state index in [1.165, 1.54) is 0 Å². The minimum atomic E-state index is -0.0660. The van der Waals surface area contributed by atoms with Crippen LogP contribution in [0.25, 0.3) is 21.3 Å². The van der Waals surface area contributed by atoms with E-state index in [0.29, 0.717) is 17.6 Å². The van der Waals surface area contributed by atoms with Crippen LogP contribution in [-0.2, 0) is 0 Å². The normalized spacial score (nSPS) is 11.4. The van der Waals surface area contributed by atoms with Crippen LogP contribution in [0.2, 0.25) is 0 Å². The Labute approximate surface area is 173 Å². The zero-order valence-electron chi connectivity index (χ0n) is 16.6. The number of aromatic nitrogens is 3. The molecule has 0 saturated heterocycles. The highest BCUT2D eigenvalue weighted by Gasteiger charge is 2.22. The van der Waals surface area contributed by atoms with Gasteiger partial charge < -0.3 is 4.90 Å². The van der Waals surface area contributed by atoms with Crippen LogP contribution in [0.3, 0.4) is 0 Å². The molecule has 4 rings (SSSR count). The van der Waals surface area contributed by atoms with Crippen molar-refractivity contribution in [3.63, 3.8) is 0 Å². The molecule has 0 radical (unpaired) electrons. The van der Waals surface area contributed by atoms with Gasteiger partial charge in [0.1, 0.15) is 0 Å². The molecule has 0 bridgehead atoms. The van der Waals surface area contributed by atoms with Gasteiger partial charge in [-0.1, -0.05) is 37.3 Å². The monoisotopic (exact) mass is 405 g/mol. The molecule has 1 amide bonds. The summed E-state index contributed by atoms with van der Waals surface area (Å²) in [5.74, 6) is -0.0660. The van der Waals surface area contributed by atoms with Crippen LogP contribution in [-0.4, -0.2) is 51.9 Å². The topological polar surface area (TPSA) is 62.2 Å². The van der Waals surface area contributed by atoms with E-state index in [4.69, 9.17) is 4.98 Å². The minimum Gasteiger partial charge on any atom is -0.302 e. The Kier molecular flexibility index (Phi) is 5.78. The standard InChI is InChI=1S/C22H23N5OS/c1-3-26(4-2)13-14-27(22-25-18-7-5-6-8-20(18)29-22)21(28)16-9-10-17-19(15-16)24-12-11-23-17/h5-12,15H,3-4,13-14H2,1-2H3. The maximum atomic E-state index is 13.5. The molecule has 0 aliphatic carbocycles. The fourth-order valence-electron chi connectivity index (χ4n) is 3.29. The number of nitrogens with zero attached hydrogens (tertiary/aromatic N) is 5. The van der Waals surface area contributed by atoms with Gasteiger partial charge >= 0.3 is 0 Å². The average molecular weight is 406 g/mol. The average Bonchev–Trinajstić information content (AvgIpc) is 3.20. The van der Waals surface area contributed by atoms with Crippen molar-refractivity contribution in [1.29, 1.82) is 0 Å². The van der Waals surface area contributed by atoms with Crippen molar-refractivity contribution < 1.29 is 4.79 Å². The molecular weight excluding hydrogens is 382 g/mol. The zero-order chi connectivity index (χ0) is 20.2. The van der Waals surface area contributed by atoms with Gasteiger partial charge in [0.15, 0.2) is 5.13 Å². The van der Waals surface area contributed by atoms with Crippen LogP contribution in [0.4, 0.5) is 5.13 Å². The molecule has 0 aliphatic heterocycles. The number of hydrogen-bond donors (Lipinski definition) is 0. The lowest BCUT2D eigenvalue weighted by Gasteiger charge is -2.24. The van der Waals surface area contributed by atoms with Gasteiger partial charge in [-0.25, -0.2) is 4.98 Å². The summed E-state index contributed by atoms with van der Waals surface area (Å²) in [7, 11) is 0. The molecule has 0 N–H and O–H groups in total. The van der Waals surface area contributed by atoms with E-state index in [9.17, 15) is 4.79 Å². The molecule has 0 unspecified atom stereocenters. The molecule has 0 fully saturated rings.